The number of aromatic nitrogens is 4. The van der Waals surface area contributed by atoms with Crippen LogP contribution in [0.15, 0.2) is 54.9 Å². The molecule has 2 amide bonds. The molecule has 2 aliphatic rings. The van der Waals surface area contributed by atoms with Gasteiger partial charge in [-0.2, -0.15) is 4.98 Å². The van der Waals surface area contributed by atoms with Crippen LogP contribution >= 0.6 is 11.6 Å². The molecule has 0 spiro atoms. The van der Waals surface area contributed by atoms with Crippen LogP contribution in [0.5, 0.6) is 0 Å². The summed E-state index contributed by atoms with van der Waals surface area (Å²) in [5, 5.41) is 10.6. The summed E-state index contributed by atoms with van der Waals surface area (Å²) in [6.07, 6.45) is 7.46. The van der Waals surface area contributed by atoms with Crippen LogP contribution in [0.3, 0.4) is 0 Å². The fourth-order valence-corrected chi connectivity index (χ4v) is 5.47. The summed E-state index contributed by atoms with van der Waals surface area (Å²) >= 11 is 6.28. The number of fused-ring (bicyclic) bond motifs is 1. The number of benzene rings is 1. The lowest BCUT2D eigenvalue weighted by Crippen LogP contribution is -2.46. The zero-order valence-electron chi connectivity index (χ0n) is 21.4. The van der Waals surface area contributed by atoms with E-state index in [4.69, 9.17) is 16.6 Å². The molecule has 3 N–H and O–H groups in total. The standard InChI is InChI=1S/C28H29ClN8O2/c29-21-7-3-4-8-22(21)33-26(38)23-15-19-17-32-28(35-25(19)37(23)20-5-1-2-6-20)34-24-10-9-18(16-31-24)27(39)36-13-11-30-12-14-36/h3-4,7-10,15-17,20,30H,1-2,5-6,11-14H2,(H,33,38)(H,31,32,34,35). The first-order valence-electron chi connectivity index (χ1n) is 13.2. The number of anilines is 3. The van der Waals surface area contributed by atoms with Crippen LogP contribution < -0.4 is 16.0 Å². The van der Waals surface area contributed by atoms with Gasteiger partial charge in [0.05, 0.1) is 16.3 Å². The van der Waals surface area contributed by atoms with E-state index in [0.717, 1.165) is 44.2 Å². The van der Waals surface area contributed by atoms with Crippen molar-refractivity contribution in [3.63, 3.8) is 0 Å². The van der Waals surface area contributed by atoms with Crippen LogP contribution in [-0.2, 0) is 0 Å². The Kier molecular flexibility index (Phi) is 7.12. The van der Waals surface area contributed by atoms with Crippen molar-refractivity contribution in [2.75, 3.05) is 36.8 Å². The van der Waals surface area contributed by atoms with Gasteiger partial charge >= 0.3 is 0 Å². The third kappa shape index (κ3) is 5.30. The lowest BCUT2D eigenvalue weighted by molar-refractivity contribution is 0.0735. The van der Waals surface area contributed by atoms with Crippen molar-refractivity contribution >= 4 is 51.9 Å². The van der Waals surface area contributed by atoms with Crippen LogP contribution in [-0.4, -0.2) is 62.4 Å². The van der Waals surface area contributed by atoms with Gasteiger partial charge in [-0.3, -0.25) is 9.59 Å². The number of hydrogen-bond acceptors (Lipinski definition) is 7. The highest BCUT2D eigenvalue weighted by Gasteiger charge is 2.26. The molecule has 3 aromatic heterocycles. The van der Waals surface area contributed by atoms with Gasteiger partial charge in [-0.25, -0.2) is 9.97 Å². The first-order chi connectivity index (χ1) is 19.1. The third-order valence-corrected chi connectivity index (χ3v) is 7.60. The van der Waals surface area contributed by atoms with Gasteiger partial charge in [-0.15, -0.1) is 0 Å². The molecule has 0 radical (unpaired) electrons. The van der Waals surface area contributed by atoms with Crippen molar-refractivity contribution in [2.24, 2.45) is 0 Å². The minimum absolute atomic E-state index is 0.0230. The molecule has 1 aromatic carbocycles. The van der Waals surface area contributed by atoms with Gasteiger partial charge in [0.2, 0.25) is 5.95 Å². The number of pyridine rings is 1. The average Bonchev–Trinajstić information content (AvgIpc) is 3.63. The van der Waals surface area contributed by atoms with Crippen molar-refractivity contribution in [2.45, 2.75) is 31.7 Å². The fourth-order valence-electron chi connectivity index (χ4n) is 5.28. The van der Waals surface area contributed by atoms with E-state index in [-0.39, 0.29) is 17.9 Å². The molecule has 11 heteroatoms. The molecule has 4 aromatic rings. The van der Waals surface area contributed by atoms with Crippen LogP contribution in [0.4, 0.5) is 17.5 Å². The zero-order chi connectivity index (χ0) is 26.8. The first-order valence-corrected chi connectivity index (χ1v) is 13.6. The number of para-hydroxylation sites is 1. The molecule has 1 aliphatic heterocycles. The second-order valence-electron chi connectivity index (χ2n) is 9.84. The second kappa shape index (κ2) is 11.0. The SMILES string of the molecule is O=C(Nc1ccccc1Cl)c1cc2cnc(Nc3ccc(C(=O)N4CCNCC4)cn3)nc2n1C1CCCC1. The quantitative estimate of drug-likeness (QED) is 0.324. The Balaban J connectivity index is 1.26. The summed E-state index contributed by atoms with van der Waals surface area (Å²) in [5.74, 6) is 0.632. The topological polar surface area (TPSA) is 117 Å². The molecule has 1 saturated carbocycles. The second-order valence-corrected chi connectivity index (χ2v) is 10.3. The predicted octanol–water partition coefficient (Wildman–Crippen LogP) is 4.64. The van der Waals surface area contributed by atoms with Gasteiger partial charge in [-0.1, -0.05) is 36.6 Å². The number of amides is 2. The lowest BCUT2D eigenvalue weighted by Gasteiger charge is -2.27. The molecule has 39 heavy (non-hydrogen) atoms. The molecule has 0 unspecified atom stereocenters. The predicted molar refractivity (Wildman–Crippen MR) is 151 cm³/mol. The molecule has 200 valence electrons. The Bertz CT molecular complexity index is 1510. The van der Waals surface area contributed by atoms with Crippen molar-refractivity contribution in [1.29, 1.82) is 0 Å². The Labute approximate surface area is 230 Å². The normalized spacial score (nSPS) is 16.0. The first kappa shape index (κ1) is 25.3. The number of hydrogen-bond donors (Lipinski definition) is 3. The maximum absolute atomic E-state index is 13.4. The van der Waals surface area contributed by atoms with Crippen LogP contribution in [0.1, 0.15) is 52.6 Å². The summed E-state index contributed by atoms with van der Waals surface area (Å²) in [7, 11) is 0. The van der Waals surface area contributed by atoms with E-state index < -0.39 is 0 Å². The van der Waals surface area contributed by atoms with Crippen LogP contribution in [0.2, 0.25) is 5.02 Å². The lowest BCUT2D eigenvalue weighted by atomic mass is 10.2. The minimum atomic E-state index is -0.242. The number of piperazine rings is 1. The van der Waals surface area contributed by atoms with E-state index in [0.29, 0.717) is 52.5 Å². The van der Waals surface area contributed by atoms with E-state index in [2.05, 4.69) is 25.9 Å². The molecule has 0 atom stereocenters. The fraction of sp³-hybridized carbons (Fsp3) is 0.321. The number of halogens is 1. The Morgan fingerprint density at radius 3 is 2.54 bits per heavy atom. The van der Waals surface area contributed by atoms with E-state index in [9.17, 15) is 9.59 Å². The smallest absolute Gasteiger partial charge is 0.272 e. The van der Waals surface area contributed by atoms with Crippen molar-refractivity contribution in [1.82, 2.24) is 29.7 Å². The van der Waals surface area contributed by atoms with E-state index in [1.807, 2.05) is 27.7 Å². The number of rotatable bonds is 6. The van der Waals surface area contributed by atoms with Gasteiger partial charge in [-0.05, 0) is 43.2 Å². The van der Waals surface area contributed by atoms with E-state index >= 15 is 0 Å². The van der Waals surface area contributed by atoms with Gasteiger partial charge in [0.1, 0.15) is 17.2 Å². The number of nitrogens with one attached hydrogen (secondary N) is 3. The Morgan fingerprint density at radius 2 is 1.79 bits per heavy atom. The molecule has 6 rings (SSSR count). The van der Waals surface area contributed by atoms with Crippen molar-refractivity contribution in [3.8, 4) is 0 Å². The Hall–Kier alpha value is -4.02. The highest BCUT2D eigenvalue weighted by molar-refractivity contribution is 6.33. The largest absolute Gasteiger partial charge is 0.336 e. The molecule has 0 bridgehead atoms. The molecular weight excluding hydrogens is 516 g/mol. The molecule has 2 fully saturated rings. The highest BCUT2D eigenvalue weighted by atomic mass is 35.5. The van der Waals surface area contributed by atoms with Crippen molar-refractivity contribution < 1.29 is 9.59 Å². The summed E-state index contributed by atoms with van der Waals surface area (Å²) < 4.78 is 2.03. The third-order valence-electron chi connectivity index (χ3n) is 7.27. The molecule has 1 aliphatic carbocycles. The zero-order valence-corrected chi connectivity index (χ0v) is 22.1. The maximum atomic E-state index is 13.4. The van der Waals surface area contributed by atoms with Gasteiger partial charge in [0, 0.05) is 50.0 Å². The summed E-state index contributed by atoms with van der Waals surface area (Å²) in [4.78, 5) is 41.6. The van der Waals surface area contributed by atoms with Gasteiger partial charge in [0.25, 0.3) is 11.8 Å². The molecule has 10 nitrogen and oxygen atoms in total. The summed E-state index contributed by atoms with van der Waals surface area (Å²) in [6, 6.07) is 12.7. The molecular formula is C28H29ClN8O2. The van der Waals surface area contributed by atoms with Crippen molar-refractivity contribution in [3.05, 3.63) is 71.1 Å². The summed E-state index contributed by atoms with van der Waals surface area (Å²) in [6.45, 7) is 2.96. The number of nitrogens with zero attached hydrogens (tertiary/aromatic N) is 5. The maximum Gasteiger partial charge on any atom is 0.272 e. The molecule has 1 saturated heterocycles. The number of carbonyl (C=O) groups excluding carboxylic acids is 2. The highest BCUT2D eigenvalue weighted by Crippen LogP contribution is 2.35. The monoisotopic (exact) mass is 544 g/mol. The van der Waals surface area contributed by atoms with Crippen LogP contribution in [0.25, 0.3) is 11.0 Å². The minimum Gasteiger partial charge on any atom is -0.336 e. The molecule has 4 heterocycles. The van der Waals surface area contributed by atoms with E-state index in [1.54, 1.807) is 36.7 Å². The summed E-state index contributed by atoms with van der Waals surface area (Å²) in [5.41, 5.74) is 2.32. The van der Waals surface area contributed by atoms with Crippen LogP contribution in [0, 0.1) is 0 Å². The average molecular weight is 545 g/mol. The van der Waals surface area contributed by atoms with Gasteiger partial charge < -0.3 is 25.4 Å². The van der Waals surface area contributed by atoms with Gasteiger partial charge in [0.15, 0.2) is 0 Å². The number of carbonyl (C=O) groups is 2. The van der Waals surface area contributed by atoms with E-state index in [1.165, 1.54) is 0 Å². The Morgan fingerprint density at radius 1 is 1.00 bits per heavy atom.